The molecular formula is C27H30N4O4S. The van der Waals surface area contributed by atoms with Crippen LogP contribution in [-0.4, -0.2) is 39.9 Å². The summed E-state index contributed by atoms with van der Waals surface area (Å²) in [4.78, 5) is 33.4. The lowest BCUT2D eigenvalue weighted by molar-refractivity contribution is -0.116. The Morgan fingerprint density at radius 1 is 1.08 bits per heavy atom. The molecule has 2 aromatic carbocycles. The number of aromatic nitrogens is 1. The number of anilines is 1. The zero-order valence-electron chi connectivity index (χ0n) is 20.7. The number of nitrogens with one attached hydrogen (secondary N) is 2. The summed E-state index contributed by atoms with van der Waals surface area (Å²) < 4.78 is 10.4. The number of rotatable bonds is 7. The summed E-state index contributed by atoms with van der Waals surface area (Å²) in [5.74, 6) is -0.315. The Hall–Kier alpha value is -3.85. The highest BCUT2D eigenvalue weighted by Crippen LogP contribution is 2.22. The van der Waals surface area contributed by atoms with Crippen molar-refractivity contribution in [2.24, 2.45) is 4.99 Å². The smallest absolute Gasteiger partial charge is 0.429 e. The van der Waals surface area contributed by atoms with Gasteiger partial charge in [0.1, 0.15) is 17.7 Å². The van der Waals surface area contributed by atoms with E-state index in [1.807, 2.05) is 60.7 Å². The molecule has 1 amide bonds. The second kappa shape index (κ2) is 12.7. The largest absolute Gasteiger partial charge is 0.509 e. The monoisotopic (exact) mass is 506 g/mol. The number of amides is 1. The fraction of sp³-hybridized carbons (Fsp3) is 0.259. The number of nitrogens with zero attached hydrogens (tertiary/aromatic N) is 2. The summed E-state index contributed by atoms with van der Waals surface area (Å²) in [6, 6.07) is 19.1. The van der Waals surface area contributed by atoms with E-state index in [-0.39, 0.29) is 11.8 Å². The Kier molecular flexibility index (Phi) is 9.46. The van der Waals surface area contributed by atoms with E-state index in [1.54, 1.807) is 40.0 Å². The van der Waals surface area contributed by atoms with Gasteiger partial charge in [0.2, 0.25) is 5.91 Å². The summed E-state index contributed by atoms with van der Waals surface area (Å²) in [6.07, 6.45) is 3.58. The van der Waals surface area contributed by atoms with E-state index < -0.39 is 17.9 Å². The summed E-state index contributed by atoms with van der Waals surface area (Å²) in [5.41, 5.74) is 1.77. The highest BCUT2D eigenvalue weighted by atomic mass is 32.2. The summed E-state index contributed by atoms with van der Waals surface area (Å²) in [7, 11) is 0. The number of hydrogen-bond donors (Lipinski definition) is 2. The quantitative estimate of drug-likeness (QED) is 0.137. The molecule has 0 spiro atoms. The SMILES string of the molecule is CC(N=C(Nc1cccc2cccnc12)SCOC(=O)OC(C)(C)C)NC(=O)/C=C/c1ccccc1. The van der Waals surface area contributed by atoms with Gasteiger partial charge in [-0.3, -0.25) is 9.78 Å². The first-order valence-corrected chi connectivity index (χ1v) is 12.4. The van der Waals surface area contributed by atoms with Gasteiger partial charge in [0.15, 0.2) is 5.17 Å². The van der Waals surface area contributed by atoms with Crippen molar-refractivity contribution in [2.45, 2.75) is 39.5 Å². The molecule has 0 aliphatic rings. The molecule has 1 unspecified atom stereocenters. The maximum atomic E-state index is 12.4. The van der Waals surface area contributed by atoms with Gasteiger partial charge in [-0.15, -0.1) is 0 Å². The highest BCUT2D eigenvalue weighted by molar-refractivity contribution is 8.14. The van der Waals surface area contributed by atoms with E-state index in [1.165, 1.54) is 6.08 Å². The fourth-order valence-electron chi connectivity index (χ4n) is 3.04. The van der Waals surface area contributed by atoms with Gasteiger partial charge in [0.25, 0.3) is 0 Å². The normalized spacial score (nSPS) is 12.8. The molecular weight excluding hydrogens is 476 g/mol. The van der Waals surface area contributed by atoms with Gasteiger partial charge in [-0.1, -0.05) is 48.5 Å². The van der Waals surface area contributed by atoms with Crippen LogP contribution in [0.25, 0.3) is 17.0 Å². The third kappa shape index (κ3) is 9.07. The molecule has 9 heteroatoms. The Balaban J connectivity index is 1.71. The highest BCUT2D eigenvalue weighted by Gasteiger charge is 2.18. The van der Waals surface area contributed by atoms with Gasteiger partial charge in [0.05, 0.1) is 11.2 Å². The van der Waals surface area contributed by atoms with Crippen LogP contribution in [0.1, 0.15) is 33.3 Å². The lowest BCUT2D eigenvalue weighted by atomic mass is 10.2. The van der Waals surface area contributed by atoms with Crippen LogP contribution in [0, 0.1) is 0 Å². The number of pyridine rings is 1. The van der Waals surface area contributed by atoms with Crippen molar-refractivity contribution in [3.8, 4) is 0 Å². The van der Waals surface area contributed by atoms with Crippen LogP contribution < -0.4 is 10.6 Å². The van der Waals surface area contributed by atoms with Gasteiger partial charge in [-0.25, -0.2) is 9.79 Å². The Morgan fingerprint density at radius 2 is 1.83 bits per heavy atom. The zero-order chi connectivity index (χ0) is 26.0. The van der Waals surface area contributed by atoms with Crippen molar-refractivity contribution in [3.05, 3.63) is 78.5 Å². The topological polar surface area (TPSA) is 102 Å². The number of thioether (sulfide) groups is 1. The van der Waals surface area contributed by atoms with E-state index in [0.717, 1.165) is 33.9 Å². The van der Waals surface area contributed by atoms with Crippen molar-refractivity contribution in [3.63, 3.8) is 0 Å². The molecule has 1 heterocycles. The van der Waals surface area contributed by atoms with E-state index in [4.69, 9.17) is 9.47 Å². The fourth-order valence-corrected chi connectivity index (χ4v) is 3.72. The average molecular weight is 507 g/mol. The van der Waals surface area contributed by atoms with Crippen molar-refractivity contribution in [1.29, 1.82) is 0 Å². The van der Waals surface area contributed by atoms with E-state index in [2.05, 4.69) is 20.6 Å². The molecule has 0 aliphatic carbocycles. The predicted octanol–water partition coefficient (Wildman–Crippen LogP) is 5.82. The van der Waals surface area contributed by atoms with E-state index in [0.29, 0.717) is 5.17 Å². The summed E-state index contributed by atoms with van der Waals surface area (Å²) in [5, 5.41) is 7.48. The number of carbonyl (C=O) groups is 2. The lowest BCUT2D eigenvalue weighted by Crippen LogP contribution is -2.31. The minimum absolute atomic E-state index is 0.0342. The van der Waals surface area contributed by atoms with Crippen molar-refractivity contribution in [2.75, 3.05) is 11.3 Å². The zero-order valence-corrected chi connectivity index (χ0v) is 21.5. The molecule has 0 fully saturated rings. The molecule has 0 bridgehead atoms. The number of aliphatic imine (C=N–C) groups is 1. The van der Waals surface area contributed by atoms with Crippen molar-refractivity contribution >= 4 is 51.7 Å². The third-order valence-electron chi connectivity index (χ3n) is 4.53. The Labute approximate surface area is 215 Å². The average Bonchev–Trinajstić information content (AvgIpc) is 2.82. The molecule has 3 aromatic rings. The summed E-state index contributed by atoms with van der Waals surface area (Å²) >= 11 is 1.16. The number of benzene rings is 2. The molecule has 0 radical (unpaired) electrons. The van der Waals surface area contributed by atoms with E-state index in [9.17, 15) is 9.59 Å². The molecule has 2 N–H and O–H groups in total. The Bertz CT molecular complexity index is 1230. The molecule has 1 atom stereocenters. The first kappa shape index (κ1) is 26.7. The molecule has 1 aromatic heterocycles. The number of amidine groups is 1. The van der Waals surface area contributed by atoms with Gasteiger partial charge in [0, 0.05) is 17.7 Å². The van der Waals surface area contributed by atoms with Gasteiger partial charge in [-0.05, 0) is 63.2 Å². The predicted molar refractivity (Wildman–Crippen MR) is 146 cm³/mol. The molecule has 8 nitrogen and oxygen atoms in total. The van der Waals surface area contributed by atoms with Crippen LogP contribution in [0.4, 0.5) is 10.5 Å². The molecule has 0 saturated heterocycles. The maximum absolute atomic E-state index is 12.4. The molecule has 188 valence electrons. The van der Waals surface area contributed by atoms with E-state index >= 15 is 0 Å². The molecule has 0 aliphatic heterocycles. The van der Waals surface area contributed by atoms with Crippen LogP contribution in [0.5, 0.6) is 0 Å². The standard InChI is InChI=1S/C27H30N4O4S/c1-19(29-23(32)16-15-20-10-6-5-7-11-20)30-25(36-18-34-26(33)35-27(2,3)4)31-22-14-8-12-21-13-9-17-28-24(21)22/h5-17,19H,18H2,1-4H3,(H,29,32)(H,30,31)/b16-15+. The number of hydrogen-bond acceptors (Lipinski definition) is 7. The maximum Gasteiger partial charge on any atom is 0.509 e. The first-order chi connectivity index (χ1) is 17.2. The second-order valence-corrected chi connectivity index (χ2v) is 9.65. The van der Waals surface area contributed by atoms with Crippen molar-refractivity contribution < 1.29 is 19.1 Å². The van der Waals surface area contributed by atoms with Crippen LogP contribution >= 0.6 is 11.8 Å². The number of para-hydroxylation sites is 1. The van der Waals surface area contributed by atoms with Gasteiger partial charge >= 0.3 is 6.16 Å². The number of ether oxygens (including phenoxy) is 2. The summed E-state index contributed by atoms with van der Waals surface area (Å²) in [6.45, 7) is 7.05. The van der Waals surface area contributed by atoms with Gasteiger partial charge in [-0.2, -0.15) is 0 Å². The van der Waals surface area contributed by atoms with Crippen molar-refractivity contribution in [1.82, 2.24) is 10.3 Å². The number of fused-ring (bicyclic) bond motifs is 1. The number of carbonyl (C=O) groups excluding carboxylic acids is 2. The minimum atomic E-state index is -0.770. The van der Waals surface area contributed by atoms with Crippen LogP contribution in [0.3, 0.4) is 0 Å². The third-order valence-corrected chi connectivity index (χ3v) is 5.24. The second-order valence-electron chi connectivity index (χ2n) is 8.74. The molecule has 3 rings (SSSR count). The van der Waals surface area contributed by atoms with Crippen LogP contribution in [-0.2, 0) is 14.3 Å². The van der Waals surface area contributed by atoms with Crippen LogP contribution in [0.15, 0.2) is 77.9 Å². The first-order valence-electron chi connectivity index (χ1n) is 11.4. The van der Waals surface area contributed by atoms with Gasteiger partial charge < -0.3 is 20.1 Å². The van der Waals surface area contributed by atoms with Crippen LogP contribution in [0.2, 0.25) is 0 Å². The molecule has 0 saturated carbocycles. The lowest BCUT2D eigenvalue weighted by Gasteiger charge is -2.19. The molecule has 36 heavy (non-hydrogen) atoms. The Morgan fingerprint density at radius 3 is 2.58 bits per heavy atom. The minimum Gasteiger partial charge on any atom is -0.429 e.